The molecule has 2 nitrogen and oxygen atoms in total. The molecule has 0 N–H and O–H groups in total. The molecule has 5 atom stereocenters. The average molecular weight is 289 g/mol. The van der Waals surface area contributed by atoms with Gasteiger partial charge in [0.15, 0.2) is 0 Å². The summed E-state index contributed by atoms with van der Waals surface area (Å²) in [6.45, 7) is 10.1. The van der Waals surface area contributed by atoms with Crippen LogP contribution in [0.5, 0.6) is 0 Å². The van der Waals surface area contributed by atoms with E-state index >= 15 is 0 Å². The monoisotopic (exact) mass is 289 g/mol. The molecule has 5 unspecified atom stereocenters. The number of nitrogens with zero attached hydrogens (tertiary/aromatic N) is 1. The zero-order valence-corrected chi connectivity index (χ0v) is 14.1. The molecule has 118 valence electrons. The van der Waals surface area contributed by atoms with Crippen LogP contribution >= 0.6 is 0 Å². The molecular weight excluding hydrogens is 258 g/mol. The van der Waals surface area contributed by atoms with E-state index in [0.29, 0.717) is 23.2 Å². The molecule has 0 aromatic heterocycles. The Morgan fingerprint density at radius 2 is 1.90 bits per heavy atom. The molecule has 2 aliphatic rings. The Morgan fingerprint density at radius 1 is 1.19 bits per heavy atom. The van der Waals surface area contributed by atoms with Crippen LogP contribution in [-0.2, 0) is 4.74 Å². The van der Waals surface area contributed by atoms with Crippen molar-refractivity contribution >= 4 is 0 Å². The van der Waals surface area contributed by atoms with Crippen molar-refractivity contribution in [2.45, 2.75) is 65.9 Å². The second kappa shape index (κ2) is 6.97. The Balaban J connectivity index is 1.92. The van der Waals surface area contributed by atoms with Gasteiger partial charge in [0.05, 0.1) is 24.7 Å². The SMILES string of the molecule is CC1CC=CCC1COC1CC(C(C)(C)C)CCC1C#N. The molecule has 2 rings (SSSR count). The van der Waals surface area contributed by atoms with E-state index in [0.717, 1.165) is 25.9 Å². The first-order chi connectivity index (χ1) is 9.91. The molecule has 2 aliphatic carbocycles. The standard InChI is InChI=1S/C19H31NO/c1-14-7-5-6-8-16(14)13-21-18-11-17(19(2,3)4)10-9-15(18)12-20/h5-6,14-18H,7-11,13H2,1-4H3. The first kappa shape index (κ1) is 16.6. The maximum absolute atomic E-state index is 9.40. The normalized spacial score (nSPS) is 37.2. The third-order valence-corrected chi connectivity index (χ3v) is 5.62. The minimum atomic E-state index is 0.0954. The molecule has 0 bridgehead atoms. The lowest BCUT2D eigenvalue weighted by molar-refractivity contribution is -0.0471. The van der Waals surface area contributed by atoms with Gasteiger partial charge < -0.3 is 4.74 Å². The molecule has 0 saturated heterocycles. The van der Waals surface area contributed by atoms with Gasteiger partial charge in [0.25, 0.3) is 0 Å². The van der Waals surface area contributed by atoms with Crippen molar-refractivity contribution in [1.82, 2.24) is 0 Å². The van der Waals surface area contributed by atoms with Crippen LogP contribution in [0.1, 0.15) is 59.8 Å². The molecule has 0 radical (unpaired) electrons. The maximum atomic E-state index is 9.40. The van der Waals surface area contributed by atoms with Gasteiger partial charge in [-0.2, -0.15) is 5.26 Å². The van der Waals surface area contributed by atoms with E-state index in [2.05, 4.69) is 45.9 Å². The Kier molecular flexibility index (Phi) is 5.49. The Hall–Kier alpha value is -0.810. The number of ether oxygens (including phenoxy) is 1. The third-order valence-electron chi connectivity index (χ3n) is 5.62. The molecule has 0 aromatic rings. The number of nitriles is 1. The fourth-order valence-corrected chi connectivity index (χ4v) is 3.73. The van der Waals surface area contributed by atoms with Gasteiger partial charge in [-0.05, 0) is 55.3 Å². The largest absolute Gasteiger partial charge is 0.377 e. The highest BCUT2D eigenvalue weighted by molar-refractivity contribution is 4.97. The average Bonchev–Trinajstić information content (AvgIpc) is 2.45. The highest BCUT2D eigenvalue weighted by Gasteiger charge is 2.37. The Bertz CT molecular complexity index is 401. The zero-order chi connectivity index (χ0) is 15.5. The molecule has 21 heavy (non-hydrogen) atoms. The van der Waals surface area contributed by atoms with Crippen molar-refractivity contribution in [3.8, 4) is 6.07 Å². The van der Waals surface area contributed by atoms with Crippen molar-refractivity contribution in [1.29, 1.82) is 5.26 Å². The smallest absolute Gasteiger partial charge is 0.0736 e. The van der Waals surface area contributed by atoms with Gasteiger partial charge in [-0.15, -0.1) is 0 Å². The summed E-state index contributed by atoms with van der Waals surface area (Å²) in [7, 11) is 0. The van der Waals surface area contributed by atoms with E-state index < -0.39 is 0 Å². The molecule has 0 spiro atoms. The molecule has 1 fully saturated rings. The van der Waals surface area contributed by atoms with Gasteiger partial charge in [-0.25, -0.2) is 0 Å². The minimum absolute atomic E-state index is 0.0954. The summed E-state index contributed by atoms with van der Waals surface area (Å²) in [5, 5.41) is 9.40. The van der Waals surface area contributed by atoms with Crippen LogP contribution in [0.25, 0.3) is 0 Å². The summed E-state index contributed by atoms with van der Waals surface area (Å²) < 4.78 is 6.27. The van der Waals surface area contributed by atoms with Crippen LogP contribution < -0.4 is 0 Å². The van der Waals surface area contributed by atoms with Gasteiger partial charge >= 0.3 is 0 Å². The van der Waals surface area contributed by atoms with Crippen LogP contribution in [0.15, 0.2) is 12.2 Å². The van der Waals surface area contributed by atoms with Crippen molar-refractivity contribution in [2.24, 2.45) is 29.1 Å². The topological polar surface area (TPSA) is 33.0 Å². The summed E-state index contributed by atoms with van der Waals surface area (Å²) in [5.74, 6) is 2.11. The molecule has 2 heteroatoms. The van der Waals surface area contributed by atoms with Crippen LogP contribution in [0.4, 0.5) is 0 Å². The van der Waals surface area contributed by atoms with E-state index in [1.807, 2.05) is 0 Å². The Morgan fingerprint density at radius 3 is 2.52 bits per heavy atom. The van der Waals surface area contributed by atoms with E-state index in [9.17, 15) is 5.26 Å². The van der Waals surface area contributed by atoms with Crippen LogP contribution in [0, 0.1) is 40.4 Å². The highest BCUT2D eigenvalue weighted by atomic mass is 16.5. The highest BCUT2D eigenvalue weighted by Crippen LogP contribution is 2.41. The first-order valence-corrected chi connectivity index (χ1v) is 8.58. The lowest BCUT2D eigenvalue weighted by atomic mass is 9.69. The molecular formula is C19H31NO. The van der Waals surface area contributed by atoms with Crippen LogP contribution in [0.2, 0.25) is 0 Å². The Labute approximate surface area is 130 Å². The van der Waals surface area contributed by atoms with E-state index in [1.54, 1.807) is 0 Å². The van der Waals surface area contributed by atoms with Crippen molar-refractivity contribution in [3.63, 3.8) is 0 Å². The van der Waals surface area contributed by atoms with E-state index in [-0.39, 0.29) is 12.0 Å². The van der Waals surface area contributed by atoms with Gasteiger partial charge in [0.1, 0.15) is 0 Å². The second-order valence-electron chi connectivity index (χ2n) is 8.16. The predicted molar refractivity (Wildman–Crippen MR) is 86.7 cm³/mol. The van der Waals surface area contributed by atoms with Gasteiger partial charge in [-0.1, -0.05) is 39.8 Å². The summed E-state index contributed by atoms with van der Waals surface area (Å²) in [6, 6.07) is 2.49. The fourth-order valence-electron chi connectivity index (χ4n) is 3.73. The minimum Gasteiger partial charge on any atom is -0.377 e. The lowest BCUT2D eigenvalue weighted by Crippen LogP contribution is -2.37. The van der Waals surface area contributed by atoms with Gasteiger partial charge in [0, 0.05) is 0 Å². The maximum Gasteiger partial charge on any atom is 0.0736 e. The van der Waals surface area contributed by atoms with E-state index in [4.69, 9.17) is 4.74 Å². The van der Waals surface area contributed by atoms with Crippen LogP contribution in [0.3, 0.4) is 0 Å². The fraction of sp³-hybridized carbons (Fsp3) is 0.842. The summed E-state index contributed by atoms with van der Waals surface area (Å²) in [5.41, 5.74) is 0.322. The predicted octanol–water partition coefficient (Wildman–Crippen LogP) is 4.96. The van der Waals surface area contributed by atoms with Crippen LogP contribution in [-0.4, -0.2) is 12.7 Å². The number of allylic oxidation sites excluding steroid dienone is 2. The molecule has 0 aromatic carbocycles. The lowest BCUT2D eigenvalue weighted by Gasteiger charge is -2.40. The second-order valence-corrected chi connectivity index (χ2v) is 8.16. The van der Waals surface area contributed by atoms with E-state index in [1.165, 1.54) is 12.8 Å². The van der Waals surface area contributed by atoms with Gasteiger partial charge in [0.2, 0.25) is 0 Å². The van der Waals surface area contributed by atoms with Crippen molar-refractivity contribution < 1.29 is 4.74 Å². The third kappa shape index (κ3) is 4.33. The van der Waals surface area contributed by atoms with Gasteiger partial charge in [-0.3, -0.25) is 0 Å². The molecule has 0 amide bonds. The molecule has 0 heterocycles. The summed E-state index contributed by atoms with van der Waals surface area (Å²) >= 11 is 0. The van der Waals surface area contributed by atoms with Crippen molar-refractivity contribution in [2.75, 3.05) is 6.61 Å². The summed E-state index contributed by atoms with van der Waals surface area (Å²) in [6.07, 6.45) is 10.3. The first-order valence-electron chi connectivity index (χ1n) is 8.58. The number of rotatable bonds is 3. The summed E-state index contributed by atoms with van der Waals surface area (Å²) in [4.78, 5) is 0. The number of hydrogen-bond donors (Lipinski definition) is 0. The number of hydrogen-bond acceptors (Lipinski definition) is 2. The zero-order valence-electron chi connectivity index (χ0n) is 14.1. The molecule has 0 aliphatic heterocycles. The quantitative estimate of drug-likeness (QED) is 0.688. The van der Waals surface area contributed by atoms with Crippen molar-refractivity contribution in [3.05, 3.63) is 12.2 Å². The molecule has 1 saturated carbocycles.